The molecule has 1 N–H and O–H groups in total. The van der Waals surface area contributed by atoms with Crippen molar-refractivity contribution in [3.8, 4) is 0 Å². The van der Waals surface area contributed by atoms with Gasteiger partial charge in [-0.3, -0.25) is 0 Å². The maximum absolute atomic E-state index is 10.5. The fourth-order valence-electron chi connectivity index (χ4n) is 5.06. The van der Waals surface area contributed by atoms with E-state index in [-0.39, 0.29) is 6.10 Å². The standard InChI is InChI=1S/C23H37NO/c1-24(2)14-7-3-4-11-19-15-20-17-23(25)21(22(20)16-19)13-8-12-18-9-5-6-10-18/h8,12-13,15,20-23,25H,3-7,9-11,14,16-17H2,1-2H3/t20-,21+,22-,23+/m0/s1. The zero-order valence-corrected chi connectivity index (χ0v) is 16.3. The third-order valence-corrected chi connectivity index (χ3v) is 6.46. The van der Waals surface area contributed by atoms with Crippen molar-refractivity contribution in [3.63, 3.8) is 0 Å². The Labute approximate surface area is 154 Å². The van der Waals surface area contributed by atoms with Crippen LogP contribution in [-0.4, -0.2) is 36.8 Å². The Kier molecular flexibility index (Phi) is 6.95. The fraction of sp³-hybridized carbons (Fsp3) is 0.739. The Morgan fingerprint density at radius 3 is 2.72 bits per heavy atom. The highest BCUT2D eigenvalue weighted by molar-refractivity contribution is 5.23. The van der Waals surface area contributed by atoms with Crippen molar-refractivity contribution in [1.82, 2.24) is 4.90 Å². The second-order valence-electron chi connectivity index (χ2n) is 8.77. The molecule has 0 radical (unpaired) electrons. The van der Waals surface area contributed by atoms with Gasteiger partial charge >= 0.3 is 0 Å². The second kappa shape index (κ2) is 9.19. The van der Waals surface area contributed by atoms with Crippen LogP contribution in [0, 0.1) is 17.8 Å². The summed E-state index contributed by atoms with van der Waals surface area (Å²) in [5, 5.41) is 10.5. The number of hydrogen-bond donors (Lipinski definition) is 1. The van der Waals surface area contributed by atoms with Crippen LogP contribution in [0.15, 0.2) is 35.5 Å². The largest absolute Gasteiger partial charge is 0.392 e. The molecule has 2 heteroatoms. The minimum absolute atomic E-state index is 0.133. The second-order valence-corrected chi connectivity index (χ2v) is 8.77. The van der Waals surface area contributed by atoms with Gasteiger partial charge in [0.1, 0.15) is 0 Å². The molecule has 0 saturated heterocycles. The monoisotopic (exact) mass is 343 g/mol. The minimum Gasteiger partial charge on any atom is -0.392 e. The molecule has 3 rings (SSSR count). The summed E-state index contributed by atoms with van der Waals surface area (Å²) in [5.41, 5.74) is 3.27. The highest BCUT2D eigenvalue weighted by atomic mass is 16.3. The van der Waals surface area contributed by atoms with Crippen LogP contribution >= 0.6 is 0 Å². The van der Waals surface area contributed by atoms with Gasteiger partial charge < -0.3 is 10.0 Å². The summed E-state index contributed by atoms with van der Waals surface area (Å²) >= 11 is 0. The van der Waals surface area contributed by atoms with Crippen molar-refractivity contribution in [2.45, 2.75) is 70.3 Å². The summed E-state index contributed by atoms with van der Waals surface area (Å²) in [6.07, 6.45) is 22.0. The van der Waals surface area contributed by atoms with Crippen LogP contribution in [0.1, 0.15) is 64.2 Å². The van der Waals surface area contributed by atoms with Crippen LogP contribution in [0.3, 0.4) is 0 Å². The molecule has 3 aliphatic carbocycles. The van der Waals surface area contributed by atoms with Crippen LogP contribution in [0.5, 0.6) is 0 Å². The van der Waals surface area contributed by atoms with E-state index in [1.807, 2.05) is 0 Å². The Bertz CT molecular complexity index is 508. The number of rotatable bonds is 8. The molecular weight excluding hydrogens is 306 g/mol. The zero-order chi connectivity index (χ0) is 17.6. The Morgan fingerprint density at radius 1 is 1.16 bits per heavy atom. The average Bonchev–Trinajstić information content (AvgIpc) is 3.26. The van der Waals surface area contributed by atoms with Crippen molar-refractivity contribution in [2.75, 3.05) is 20.6 Å². The first-order chi connectivity index (χ1) is 12.1. The number of allylic oxidation sites excluding steroid dienone is 5. The Hall–Kier alpha value is -0.860. The number of fused-ring (bicyclic) bond motifs is 1. The lowest BCUT2D eigenvalue weighted by atomic mass is 9.88. The lowest BCUT2D eigenvalue weighted by molar-refractivity contribution is 0.141. The number of aliphatic hydroxyl groups is 1. The van der Waals surface area contributed by atoms with Gasteiger partial charge in [0.25, 0.3) is 0 Å². The first-order valence-electron chi connectivity index (χ1n) is 10.5. The van der Waals surface area contributed by atoms with Gasteiger partial charge in [-0.1, -0.05) is 41.9 Å². The molecular formula is C23H37NO. The molecule has 0 unspecified atom stereocenters. The molecule has 2 saturated carbocycles. The van der Waals surface area contributed by atoms with Gasteiger partial charge in [-0.05, 0) is 90.3 Å². The Morgan fingerprint density at radius 2 is 1.96 bits per heavy atom. The molecule has 0 aliphatic heterocycles. The van der Waals surface area contributed by atoms with E-state index in [9.17, 15) is 5.11 Å². The number of unbranched alkanes of at least 4 members (excludes halogenated alkanes) is 2. The Balaban J connectivity index is 1.45. The molecule has 2 nitrogen and oxygen atoms in total. The molecule has 0 amide bonds. The quantitative estimate of drug-likeness (QED) is 0.489. The predicted octanol–water partition coefficient (Wildman–Crippen LogP) is 5.11. The third-order valence-electron chi connectivity index (χ3n) is 6.46. The van der Waals surface area contributed by atoms with Crippen molar-refractivity contribution in [3.05, 3.63) is 35.5 Å². The van der Waals surface area contributed by atoms with Gasteiger partial charge in [-0.25, -0.2) is 0 Å². The summed E-state index contributed by atoms with van der Waals surface area (Å²) in [6, 6.07) is 0. The van der Waals surface area contributed by atoms with Crippen LogP contribution in [0.4, 0.5) is 0 Å². The van der Waals surface area contributed by atoms with E-state index in [2.05, 4.69) is 43.3 Å². The smallest absolute Gasteiger partial charge is 0.0611 e. The first kappa shape index (κ1) is 18.9. The summed E-state index contributed by atoms with van der Waals surface area (Å²) < 4.78 is 0. The number of hydrogen-bond acceptors (Lipinski definition) is 2. The fourth-order valence-corrected chi connectivity index (χ4v) is 5.06. The van der Waals surface area contributed by atoms with Gasteiger partial charge in [-0.2, -0.15) is 0 Å². The maximum atomic E-state index is 10.5. The van der Waals surface area contributed by atoms with Crippen molar-refractivity contribution in [1.29, 1.82) is 0 Å². The van der Waals surface area contributed by atoms with Gasteiger partial charge in [0.2, 0.25) is 0 Å². The third kappa shape index (κ3) is 5.31. The summed E-state index contributed by atoms with van der Waals surface area (Å²) in [6.45, 7) is 1.21. The van der Waals surface area contributed by atoms with E-state index in [4.69, 9.17) is 0 Å². The molecule has 0 bridgehead atoms. The van der Waals surface area contributed by atoms with Gasteiger partial charge in [0, 0.05) is 5.92 Å². The van der Waals surface area contributed by atoms with E-state index in [1.54, 1.807) is 11.1 Å². The summed E-state index contributed by atoms with van der Waals surface area (Å²) in [4.78, 5) is 2.28. The van der Waals surface area contributed by atoms with Gasteiger partial charge in [0.05, 0.1) is 6.10 Å². The topological polar surface area (TPSA) is 23.5 Å². The molecule has 0 aromatic carbocycles. The van der Waals surface area contributed by atoms with Gasteiger partial charge in [-0.15, -0.1) is 0 Å². The van der Waals surface area contributed by atoms with E-state index in [0.717, 1.165) is 6.42 Å². The highest BCUT2D eigenvalue weighted by Gasteiger charge is 2.42. The van der Waals surface area contributed by atoms with E-state index >= 15 is 0 Å². The van der Waals surface area contributed by atoms with E-state index < -0.39 is 0 Å². The molecule has 4 atom stereocenters. The predicted molar refractivity (Wildman–Crippen MR) is 107 cm³/mol. The van der Waals surface area contributed by atoms with Crippen LogP contribution in [0.25, 0.3) is 0 Å². The summed E-state index contributed by atoms with van der Waals surface area (Å²) in [5.74, 6) is 1.65. The van der Waals surface area contributed by atoms with Crippen LogP contribution < -0.4 is 0 Å². The van der Waals surface area contributed by atoms with E-state index in [0.29, 0.717) is 17.8 Å². The molecule has 0 aromatic heterocycles. The van der Waals surface area contributed by atoms with Gasteiger partial charge in [0.15, 0.2) is 0 Å². The molecule has 0 heterocycles. The van der Waals surface area contributed by atoms with Crippen LogP contribution in [0.2, 0.25) is 0 Å². The lowest BCUT2D eigenvalue weighted by Crippen LogP contribution is -2.16. The molecule has 0 spiro atoms. The molecule has 25 heavy (non-hydrogen) atoms. The SMILES string of the molecule is CN(C)CCCCCC1=C[C@H]2C[C@@H](O)[C@H](C=CC=C3CCCC3)[C@H]2C1. The summed E-state index contributed by atoms with van der Waals surface area (Å²) in [7, 11) is 4.31. The van der Waals surface area contributed by atoms with Crippen molar-refractivity contribution in [2.24, 2.45) is 17.8 Å². The molecule has 2 fully saturated rings. The van der Waals surface area contributed by atoms with Crippen molar-refractivity contribution >= 4 is 0 Å². The van der Waals surface area contributed by atoms with E-state index in [1.165, 1.54) is 64.3 Å². The average molecular weight is 344 g/mol. The highest BCUT2D eigenvalue weighted by Crippen LogP contribution is 2.48. The molecule has 0 aromatic rings. The molecule has 3 aliphatic rings. The van der Waals surface area contributed by atoms with Crippen LogP contribution in [-0.2, 0) is 0 Å². The van der Waals surface area contributed by atoms with Crippen molar-refractivity contribution < 1.29 is 5.11 Å². The normalized spacial score (nSPS) is 32.0. The number of nitrogens with zero attached hydrogens (tertiary/aromatic N) is 1. The zero-order valence-electron chi connectivity index (χ0n) is 16.3. The maximum Gasteiger partial charge on any atom is 0.0611 e. The minimum atomic E-state index is -0.133. The first-order valence-corrected chi connectivity index (χ1v) is 10.5. The lowest BCUT2D eigenvalue weighted by Gasteiger charge is -2.18. The number of aliphatic hydroxyl groups excluding tert-OH is 1. The molecule has 140 valence electrons.